The summed E-state index contributed by atoms with van der Waals surface area (Å²) in [7, 11) is -3.41. The zero-order chi connectivity index (χ0) is 11.5. The Balaban J connectivity index is 2.70. The van der Waals surface area contributed by atoms with E-state index in [-0.39, 0.29) is 5.69 Å². The summed E-state index contributed by atoms with van der Waals surface area (Å²) in [6.07, 6.45) is 1.24. The third-order valence-corrected chi connectivity index (χ3v) is 2.08. The highest BCUT2D eigenvalue weighted by Gasteiger charge is 2.38. The van der Waals surface area contributed by atoms with Gasteiger partial charge < -0.3 is 0 Å². The van der Waals surface area contributed by atoms with Gasteiger partial charge in [0, 0.05) is 6.20 Å². The van der Waals surface area contributed by atoms with Crippen LogP contribution in [-0.4, -0.2) is 20.6 Å². The quantitative estimate of drug-likeness (QED) is 0.836. The molecule has 8 heteroatoms. The molecule has 82 valence electrons. The van der Waals surface area contributed by atoms with E-state index in [4.69, 9.17) is 0 Å². The smallest absolute Gasteiger partial charge is 0.266 e. The third kappa shape index (κ3) is 3.31. The number of alkyl halides is 3. The molecule has 0 saturated heterocycles. The van der Waals surface area contributed by atoms with Crippen molar-refractivity contribution in [3.63, 3.8) is 0 Å². The lowest BCUT2D eigenvalue weighted by Crippen LogP contribution is -2.35. The molecule has 1 atom stereocenters. The van der Waals surface area contributed by atoms with Crippen molar-refractivity contribution in [2.45, 2.75) is 5.51 Å². The maximum atomic E-state index is 11.8. The van der Waals surface area contributed by atoms with Gasteiger partial charge in [-0.3, -0.25) is 14.5 Å². The SMILES string of the molecule is O=C(NS(=O)C(F)(F)F)c1ccccn1. The Kier molecular flexibility index (Phi) is 3.40. The van der Waals surface area contributed by atoms with Gasteiger partial charge in [-0.2, -0.15) is 13.2 Å². The molecule has 0 bridgehead atoms. The summed E-state index contributed by atoms with van der Waals surface area (Å²) in [6.45, 7) is 0. The molecule has 0 saturated carbocycles. The Hall–Kier alpha value is -1.44. The van der Waals surface area contributed by atoms with Crippen molar-refractivity contribution >= 4 is 16.9 Å². The summed E-state index contributed by atoms with van der Waals surface area (Å²) in [5.41, 5.74) is -5.19. The predicted octanol–water partition coefficient (Wildman–Crippen LogP) is 0.995. The molecule has 0 radical (unpaired) electrons. The molecule has 1 N–H and O–H groups in total. The fraction of sp³-hybridized carbons (Fsp3) is 0.143. The number of halogens is 3. The van der Waals surface area contributed by atoms with Gasteiger partial charge in [0.1, 0.15) is 5.69 Å². The number of amides is 1. The number of hydrogen-bond acceptors (Lipinski definition) is 3. The van der Waals surface area contributed by atoms with Crippen molar-refractivity contribution in [3.05, 3.63) is 30.1 Å². The zero-order valence-corrected chi connectivity index (χ0v) is 7.93. The van der Waals surface area contributed by atoms with Crippen LogP contribution in [0.5, 0.6) is 0 Å². The van der Waals surface area contributed by atoms with Crippen molar-refractivity contribution in [2.75, 3.05) is 0 Å². The van der Waals surface area contributed by atoms with Crippen LogP contribution < -0.4 is 4.72 Å². The second-order valence-corrected chi connectivity index (χ2v) is 3.57. The molecule has 1 heterocycles. The highest BCUT2D eigenvalue weighted by atomic mass is 32.2. The first-order chi connectivity index (χ1) is 6.91. The van der Waals surface area contributed by atoms with Gasteiger partial charge in [-0.15, -0.1) is 0 Å². The van der Waals surface area contributed by atoms with E-state index in [1.54, 1.807) is 0 Å². The summed E-state index contributed by atoms with van der Waals surface area (Å²) in [6, 6.07) is 4.14. The second kappa shape index (κ2) is 4.39. The number of rotatable bonds is 2. The molecule has 0 aliphatic carbocycles. The molecule has 0 fully saturated rings. The van der Waals surface area contributed by atoms with Gasteiger partial charge in [-0.1, -0.05) is 6.07 Å². The first-order valence-electron chi connectivity index (χ1n) is 3.62. The van der Waals surface area contributed by atoms with Gasteiger partial charge in [-0.05, 0) is 12.1 Å². The molecule has 1 unspecified atom stereocenters. The number of pyridine rings is 1. The average molecular weight is 238 g/mol. The molecule has 0 aromatic carbocycles. The van der Waals surface area contributed by atoms with Crippen LogP contribution in [0.25, 0.3) is 0 Å². The minimum Gasteiger partial charge on any atom is -0.266 e. The van der Waals surface area contributed by atoms with Crippen LogP contribution in [-0.2, 0) is 11.0 Å². The standard InChI is InChI=1S/C7H5F3N2O2S/c8-7(9,10)15(14)12-6(13)5-3-1-2-4-11-5/h1-4H,(H,12,13). The first-order valence-corrected chi connectivity index (χ1v) is 4.77. The lowest BCUT2D eigenvalue weighted by atomic mass is 10.3. The predicted molar refractivity (Wildman–Crippen MR) is 45.9 cm³/mol. The molecule has 1 aromatic rings. The monoisotopic (exact) mass is 238 g/mol. The van der Waals surface area contributed by atoms with E-state index in [9.17, 15) is 22.2 Å². The maximum Gasteiger partial charge on any atom is 0.490 e. The van der Waals surface area contributed by atoms with E-state index in [1.165, 1.54) is 29.1 Å². The molecule has 1 aromatic heterocycles. The molecular formula is C7H5F3N2O2S. The van der Waals surface area contributed by atoms with Crippen LogP contribution >= 0.6 is 0 Å². The van der Waals surface area contributed by atoms with Crippen LogP contribution in [0.2, 0.25) is 0 Å². The van der Waals surface area contributed by atoms with Crippen molar-refractivity contribution in [1.29, 1.82) is 0 Å². The minimum absolute atomic E-state index is 0.227. The molecule has 0 spiro atoms. The number of nitrogens with one attached hydrogen (secondary N) is 1. The fourth-order valence-corrected chi connectivity index (χ4v) is 1.08. The van der Waals surface area contributed by atoms with Crippen LogP contribution in [0.15, 0.2) is 24.4 Å². The number of hydrogen-bond donors (Lipinski definition) is 1. The van der Waals surface area contributed by atoms with Crippen LogP contribution in [0.1, 0.15) is 10.5 Å². The Morgan fingerprint density at radius 3 is 2.53 bits per heavy atom. The number of carbonyl (C=O) groups is 1. The van der Waals surface area contributed by atoms with Crippen LogP contribution in [0.4, 0.5) is 13.2 Å². The van der Waals surface area contributed by atoms with Crippen LogP contribution in [0.3, 0.4) is 0 Å². The summed E-state index contributed by atoms with van der Waals surface area (Å²) in [5, 5.41) is 0. The van der Waals surface area contributed by atoms with Crippen molar-refractivity contribution in [2.24, 2.45) is 0 Å². The van der Waals surface area contributed by atoms with Crippen LogP contribution in [0, 0.1) is 0 Å². The van der Waals surface area contributed by atoms with E-state index < -0.39 is 22.4 Å². The Morgan fingerprint density at radius 2 is 2.07 bits per heavy atom. The van der Waals surface area contributed by atoms with E-state index >= 15 is 0 Å². The van der Waals surface area contributed by atoms with E-state index in [0.29, 0.717) is 0 Å². The molecule has 0 aliphatic heterocycles. The third-order valence-electron chi connectivity index (χ3n) is 1.29. The lowest BCUT2D eigenvalue weighted by Gasteiger charge is -2.06. The lowest BCUT2D eigenvalue weighted by molar-refractivity contribution is -0.0393. The average Bonchev–Trinajstić information content (AvgIpc) is 2.17. The second-order valence-electron chi connectivity index (χ2n) is 2.36. The van der Waals surface area contributed by atoms with Gasteiger partial charge in [0.2, 0.25) is 11.0 Å². The Labute approximate surface area is 85.1 Å². The van der Waals surface area contributed by atoms with Gasteiger partial charge in [0.15, 0.2) is 0 Å². The number of aromatic nitrogens is 1. The Morgan fingerprint density at radius 1 is 1.40 bits per heavy atom. The molecule has 15 heavy (non-hydrogen) atoms. The van der Waals surface area contributed by atoms with Crippen molar-refractivity contribution in [3.8, 4) is 0 Å². The fourth-order valence-electron chi connectivity index (χ4n) is 0.691. The normalized spacial score (nSPS) is 13.3. The topological polar surface area (TPSA) is 59.1 Å². The first kappa shape index (κ1) is 11.6. The van der Waals surface area contributed by atoms with E-state index in [1.807, 2.05) is 0 Å². The summed E-state index contributed by atoms with van der Waals surface area (Å²) in [5.74, 6) is -1.13. The minimum atomic E-state index is -4.97. The Bertz CT molecular complexity index is 380. The van der Waals surface area contributed by atoms with Gasteiger partial charge in [-0.25, -0.2) is 4.21 Å². The molecule has 1 amide bonds. The van der Waals surface area contributed by atoms with Gasteiger partial charge in [0.05, 0.1) is 0 Å². The molecule has 0 aliphatic rings. The van der Waals surface area contributed by atoms with Gasteiger partial charge in [0.25, 0.3) is 5.91 Å². The summed E-state index contributed by atoms with van der Waals surface area (Å²) >= 11 is 0. The molecular weight excluding hydrogens is 233 g/mol. The number of nitrogens with zero attached hydrogens (tertiary/aromatic N) is 1. The zero-order valence-electron chi connectivity index (χ0n) is 7.12. The largest absolute Gasteiger partial charge is 0.490 e. The number of carbonyl (C=O) groups excluding carboxylic acids is 1. The van der Waals surface area contributed by atoms with Crippen molar-refractivity contribution in [1.82, 2.24) is 9.71 Å². The summed E-state index contributed by atoms with van der Waals surface area (Å²) in [4.78, 5) is 14.5. The van der Waals surface area contributed by atoms with Crippen molar-refractivity contribution < 1.29 is 22.2 Å². The van der Waals surface area contributed by atoms with Gasteiger partial charge >= 0.3 is 5.51 Å². The summed E-state index contributed by atoms with van der Waals surface area (Å²) < 4.78 is 47.1. The van der Waals surface area contributed by atoms with E-state index in [2.05, 4.69) is 4.98 Å². The maximum absolute atomic E-state index is 11.8. The highest BCUT2D eigenvalue weighted by molar-refractivity contribution is 7.84. The molecule has 1 rings (SSSR count). The van der Waals surface area contributed by atoms with E-state index in [0.717, 1.165) is 0 Å². The highest BCUT2D eigenvalue weighted by Crippen LogP contribution is 2.18. The molecule has 4 nitrogen and oxygen atoms in total.